The van der Waals surface area contributed by atoms with Gasteiger partial charge in [0.1, 0.15) is 23.1 Å². The van der Waals surface area contributed by atoms with Crippen LogP contribution in [-0.2, 0) is 5.88 Å². The molecular weight excluding hydrogens is 382 g/mol. The first-order valence-electron chi connectivity index (χ1n) is 6.16. The van der Waals surface area contributed by atoms with Gasteiger partial charge in [0.15, 0.2) is 5.75 Å². The zero-order valence-electron chi connectivity index (χ0n) is 11.3. The molecule has 1 heterocycles. The van der Waals surface area contributed by atoms with E-state index in [1.165, 1.54) is 12.1 Å². The molecule has 0 aliphatic carbocycles. The maximum atomic E-state index is 13.5. The molecule has 2 rings (SSSR count). The first kappa shape index (κ1) is 16.5. The number of rotatable bonds is 4. The maximum Gasteiger partial charge on any atom is 0.168 e. The molecule has 0 N–H and O–H groups in total. The fourth-order valence-corrected chi connectivity index (χ4v) is 2.49. The summed E-state index contributed by atoms with van der Waals surface area (Å²) < 4.78 is 19.7. The summed E-state index contributed by atoms with van der Waals surface area (Å²) in [7, 11) is 0. The quantitative estimate of drug-likeness (QED) is 0.494. The van der Waals surface area contributed by atoms with Crippen LogP contribution >= 0.6 is 39.1 Å². The van der Waals surface area contributed by atoms with Gasteiger partial charge in [-0.05, 0) is 22.0 Å². The van der Waals surface area contributed by atoms with Crippen LogP contribution in [0, 0.1) is 5.82 Å². The first-order valence-corrected chi connectivity index (χ1v) is 7.87. The summed E-state index contributed by atoms with van der Waals surface area (Å²) in [5, 5.41) is 0.0122. The lowest BCUT2D eigenvalue weighted by molar-refractivity contribution is 0.462. The van der Waals surface area contributed by atoms with E-state index in [0.29, 0.717) is 21.7 Å². The van der Waals surface area contributed by atoms with Crippen molar-refractivity contribution in [3.05, 3.63) is 45.2 Å². The Hall–Kier alpha value is -0.910. The smallest absolute Gasteiger partial charge is 0.168 e. The Labute approximate surface area is 140 Å². The molecular formula is C14H12BrCl2FN2O. The Balaban J connectivity index is 2.37. The van der Waals surface area contributed by atoms with Gasteiger partial charge in [0, 0.05) is 12.0 Å². The molecule has 0 spiro atoms. The number of hydrogen-bond donors (Lipinski definition) is 0. The van der Waals surface area contributed by atoms with Crippen molar-refractivity contribution in [2.24, 2.45) is 0 Å². The summed E-state index contributed by atoms with van der Waals surface area (Å²) in [5.74, 6) is 1.13. The second kappa shape index (κ2) is 6.90. The zero-order chi connectivity index (χ0) is 15.6. The zero-order valence-corrected chi connectivity index (χ0v) is 14.4. The van der Waals surface area contributed by atoms with Crippen LogP contribution in [-0.4, -0.2) is 9.97 Å². The van der Waals surface area contributed by atoms with Crippen LogP contribution in [0.4, 0.5) is 4.39 Å². The van der Waals surface area contributed by atoms with Gasteiger partial charge >= 0.3 is 0 Å². The molecule has 7 heteroatoms. The van der Waals surface area contributed by atoms with Crippen molar-refractivity contribution in [3.63, 3.8) is 0 Å². The van der Waals surface area contributed by atoms with E-state index in [9.17, 15) is 4.39 Å². The summed E-state index contributed by atoms with van der Waals surface area (Å²) in [6, 6.07) is 2.62. The molecule has 0 saturated heterocycles. The molecule has 21 heavy (non-hydrogen) atoms. The highest BCUT2D eigenvalue weighted by molar-refractivity contribution is 9.10. The van der Waals surface area contributed by atoms with Gasteiger partial charge in [0.05, 0.1) is 21.6 Å². The van der Waals surface area contributed by atoms with E-state index in [1.807, 2.05) is 13.8 Å². The molecule has 0 amide bonds. The van der Waals surface area contributed by atoms with E-state index in [1.54, 1.807) is 6.20 Å². The van der Waals surface area contributed by atoms with Gasteiger partial charge < -0.3 is 4.74 Å². The summed E-state index contributed by atoms with van der Waals surface area (Å²) in [6.45, 7) is 3.97. The predicted molar refractivity (Wildman–Crippen MR) is 84.9 cm³/mol. The SMILES string of the molecule is CC(C)c1ncc(Oc2cc(F)c(Cl)cc2Br)c(CCl)n1. The van der Waals surface area contributed by atoms with Gasteiger partial charge in [-0.1, -0.05) is 25.4 Å². The molecule has 1 aromatic heterocycles. The molecule has 1 aromatic carbocycles. The minimum absolute atomic E-state index is 0.0122. The number of nitrogens with zero attached hydrogens (tertiary/aromatic N) is 2. The van der Waals surface area contributed by atoms with Crippen molar-refractivity contribution >= 4 is 39.1 Å². The monoisotopic (exact) mass is 392 g/mol. The van der Waals surface area contributed by atoms with E-state index in [4.69, 9.17) is 27.9 Å². The Morgan fingerprint density at radius 2 is 2.05 bits per heavy atom. The fourth-order valence-electron chi connectivity index (χ4n) is 1.58. The molecule has 0 bridgehead atoms. The highest BCUT2D eigenvalue weighted by Crippen LogP contribution is 2.35. The van der Waals surface area contributed by atoms with Gasteiger partial charge in [0.25, 0.3) is 0 Å². The molecule has 0 aliphatic rings. The normalized spacial score (nSPS) is 11.0. The number of aromatic nitrogens is 2. The summed E-state index contributed by atoms with van der Waals surface area (Å²) in [6.07, 6.45) is 1.54. The third-order valence-corrected chi connectivity index (χ3v) is 3.85. The third-order valence-electron chi connectivity index (χ3n) is 2.69. The average molecular weight is 394 g/mol. The Bertz CT molecular complexity index is 668. The highest BCUT2D eigenvalue weighted by Gasteiger charge is 2.14. The maximum absolute atomic E-state index is 13.5. The summed E-state index contributed by atoms with van der Waals surface area (Å²) in [4.78, 5) is 8.58. The molecule has 2 aromatic rings. The largest absolute Gasteiger partial charge is 0.452 e. The number of hydrogen-bond acceptors (Lipinski definition) is 3. The Morgan fingerprint density at radius 3 is 2.67 bits per heavy atom. The van der Waals surface area contributed by atoms with E-state index in [0.717, 1.165) is 0 Å². The van der Waals surface area contributed by atoms with Crippen molar-refractivity contribution in [3.8, 4) is 11.5 Å². The van der Waals surface area contributed by atoms with Crippen LogP contribution in [0.15, 0.2) is 22.8 Å². The number of halogens is 4. The van der Waals surface area contributed by atoms with Gasteiger partial charge in [-0.3, -0.25) is 0 Å². The van der Waals surface area contributed by atoms with Crippen LogP contribution in [0.2, 0.25) is 5.02 Å². The Morgan fingerprint density at radius 1 is 1.33 bits per heavy atom. The van der Waals surface area contributed by atoms with Crippen molar-refractivity contribution in [1.29, 1.82) is 0 Å². The van der Waals surface area contributed by atoms with Crippen LogP contribution in [0.3, 0.4) is 0 Å². The molecule has 0 saturated carbocycles. The molecule has 0 unspecified atom stereocenters. The number of alkyl halides is 1. The van der Waals surface area contributed by atoms with Crippen molar-refractivity contribution in [1.82, 2.24) is 9.97 Å². The van der Waals surface area contributed by atoms with Gasteiger partial charge in [0.2, 0.25) is 0 Å². The molecule has 0 fully saturated rings. The Kier molecular flexibility index (Phi) is 5.41. The molecule has 0 atom stereocenters. The van der Waals surface area contributed by atoms with Crippen LogP contribution in [0.5, 0.6) is 11.5 Å². The number of benzene rings is 1. The van der Waals surface area contributed by atoms with Crippen molar-refractivity contribution < 1.29 is 9.13 Å². The minimum Gasteiger partial charge on any atom is -0.452 e. The fraction of sp³-hybridized carbons (Fsp3) is 0.286. The lowest BCUT2D eigenvalue weighted by Gasteiger charge is -2.12. The van der Waals surface area contributed by atoms with E-state index in [-0.39, 0.29) is 22.6 Å². The lowest BCUT2D eigenvalue weighted by Crippen LogP contribution is -2.02. The second-order valence-corrected chi connectivity index (χ2v) is 6.16. The average Bonchev–Trinajstić information content (AvgIpc) is 2.44. The van der Waals surface area contributed by atoms with Crippen molar-refractivity contribution in [2.75, 3.05) is 0 Å². The lowest BCUT2D eigenvalue weighted by atomic mass is 10.2. The topological polar surface area (TPSA) is 35.0 Å². The standard InChI is InChI=1S/C14H12BrCl2FN2O/c1-7(2)14-19-6-13(11(5-16)20-14)21-12-4-10(18)9(17)3-8(12)15/h3-4,6-7H,5H2,1-2H3. The predicted octanol–water partition coefficient (Wildman–Crippen LogP) is 5.69. The van der Waals surface area contributed by atoms with E-state index in [2.05, 4.69) is 25.9 Å². The van der Waals surface area contributed by atoms with Crippen LogP contribution < -0.4 is 4.74 Å². The molecule has 0 radical (unpaired) electrons. The van der Waals surface area contributed by atoms with Crippen LogP contribution in [0.1, 0.15) is 31.3 Å². The molecule has 0 aliphatic heterocycles. The molecule has 112 valence electrons. The summed E-state index contributed by atoms with van der Waals surface area (Å²) >= 11 is 14.9. The van der Waals surface area contributed by atoms with Gasteiger partial charge in [-0.2, -0.15) is 0 Å². The third kappa shape index (κ3) is 3.84. The summed E-state index contributed by atoms with van der Waals surface area (Å²) in [5.41, 5.74) is 0.553. The van der Waals surface area contributed by atoms with E-state index >= 15 is 0 Å². The second-order valence-electron chi connectivity index (χ2n) is 4.63. The molecule has 3 nitrogen and oxygen atoms in total. The van der Waals surface area contributed by atoms with Crippen molar-refractivity contribution in [2.45, 2.75) is 25.6 Å². The first-order chi connectivity index (χ1) is 9.92. The number of ether oxygens (including phenoxy) is 1. The van der Waals surface area contributed by atoms with E-state index < -0.39 is 5.82 Å². The highest BCUT2D eigenvalue weighted by atomic mass is 79.9. The van der Waals surface area contributed by atoms with Gasteiger partial charge in [-0.25, -0.2) is 14.4 Å². The van der Waals surface area contributed by atoms with Crippen LogP contribution in [0.25, 0.3) is 0 Å². The minimum atomic E-state index is -0.568. The van der Waals surface area contributed by atoms with Gasteiger partial charge in [-0.15, -0.1) is 11.6 Å².